The Hall–Kier alpha value is 0.270. The Balaban J connectivity index is 2.40. The molecule has 0 spiro atoms. The average Bonchev–Trinajstić information content (AvgIpc) is 2.18. The molecule has 13 heavy (non-hydrogen) atoms. The lowest BCUT2D eigenvalue weighted by molar-refractivity contribution is 0.104. The summed E-state index contributed by atoms with van der Waals surface area (Å²) in [6.07, 6.45) is 4.86. The van der Waals surface area contributed by atoms with Crippen LogP contribution < -0.4 is 5.73 Å². The highest BCUT2D eigenvalue weighted by Crippen LogP contribution is 2.25. The van der Waals surface area contributed by atoms with Crippen LogP contribution in [0.4, 0.5) is 0 Å². The molecule has 0 atom stereocenters. The smallest absolute Gasteiger partial charge is 0.0275 e. The van der Waals surface area contributed by atoms with Gasteiger partial charge in [-0.1, -0.05) is 0 Å². The molecule has 1 rings (SSSR count). The zero-order valence-electron chi connectivity index (χ0n) is 9.05. The van der Waals surface area contributed by atoms with Crippen LogP contribution in [0.1, 0.15) is 26.7 Å². The van der Waals surface area contributed by atoms with Crippen LogP contribution >= 0.6 is 11.8 Å². The van der Waals surface area contributed by atoms with Crippen LogP contribution in [0.3, 0.4) is 0 Å². The number of rotatable bonds is 3. The van der Waals surface area contributed by atoms with Crippen molar-refractivity contribution >= 4 is 11.8 Å². The number of likely N-dealkylation sites (tertiary alicyclic amines) is 1. The van der Waals surface area contributed by atoms with Gasteiger partial charge in [0.15, 0.2) is 0 Å². The second-order valence-corrected chi connectivity index (χ2v) is 5.58. The molecule has 1 heterocycles. The van der Waals surface area contributed by atoms with Gasteiger partial charge in [0.25, 0.3) is 0 Å². The molecule has 0 radical (unpaired) electrons. The maximum Gasteiger partial charge on any atom is 0.0275 e. The maximum absolute atomic E-state index is 5.76. The highest BCUT2D eigenvalue weighted by molar-refractivity contribution is 7.99. The predicted octanol–water partition coefficient (Wildman–Crippen LogP) is 1.55. The maximum atomic E-state index is 5.76. The highest BCUT2D eigenvalue weighted by atomic mass is 32.2. The number of thioether (sulfide) groups is 1. The highest BCUT2D eigenvalue weighted by Gasteiger charge is 2.28. The van der Waals surface area contributed by atoms with Crippen molar-refractivity contribution in [3.8, 4) is 0 Å². The Kier molecular flexibility index (Phi) is 4.07. The van der Waals surface area contributed by atoms with Gasteiger partial charge >= 0.3 is 0 Å². The molecule has 0 aliphatic carbocycles. The van der Waals surface area contributed by atoms with Crippen LogP contribution in [0, 0.1) is 0 Å². The molecule has 0 aromatic rings. The number of nitrogens with zero attached hydrogens (tertiary/aromatic N) is 1. The third-order valence-electron chi connectivity index (χ3n) is 3.13. The molecular formula is C10H22N2S. The van der Waals surface area contributed by atoms with Gasteiger partial charge in [0, 0.05) is 17.3 Å². The quantitative estimate of drug-likeness (QED) is 0.753. The van der Waals surface area contributed by atoms with E-state index in [0.29, 0.717) is 0 Å². The Morgan fingerprint density at radius 1 is 1.38 bits per heavy atom. The summed E-state index contributed by atoms with van der Waals surface area (Å²) < 4.78 is 0. The molecule has 2 N–H and O–H groups in total. The van der Waals surface area contributed by atoms with E-state index in [0.717, 1.165) is 11.8 Å². The SMILES string of the molecule is CSC1CCN(C(C)(C)CN)CC1. The van der Waals surface area contributed by atoms with Gasteiger partial charge in [0.05, 0.1) is 0 Å². The first-order valence-electron chi connectivity index (χ1n) is 5.08. The number of hydrogen-bond donors (Lipinski definition) is 1. The molecule has 0 bridgehead atoms. The molecule has 0 aromatic heterocycles. The lowest BCUT2D eigenvalue weighted by atomic mass is 9.99. The Morgan fingerprint density at radius 2 is 1.92 bits per heavy atom. The zero-order valence-corrected chi connectivity index (χ0v) is 9.86. The second kappa shape index (κ2) is 4.67. The molecule has 0 amide bonds. The molecule has 1 aliphatic heterocycles. The Bertz CT molecular complexity index is 151. The summed E-state index contributed by atoms with van der Waals surface area (Å²) >= 11 is 2.01. The fourth-order valence-electron chi connectivity index (χ4n) is 1.83. The van der Waals surface area contributed by atoms with Gasteiger partial charge in [0.1, 0.15) is 0 Å². The van der Waals surface area contributed by atoms with E-state index in [1.54, 1.807) is 0 Å². The van der Waals surface area contributed by atoms with Gasteiger partial charge in [-0.25, -0.2) is 0 Å². The van der Waals surface area contributed by atoms with Gasteiger partial charge in [0.2, 0.25) is 0 Å². The van der Waals surface area contributed by atoms with Crippen molar-refractivity contribution in [2.24, 2.45) is 5.73 Å². The van der Waals surface area contributed by atoms with Gasteiger partial charge in [-0.05, 0) is 46.0 Å². The Morgan fingerprint density at radius 3 is 2.31 bits per heavy atom. The van der Waals surface area contributed by atoms with Gasteiger partial charge < -0.3 is 5.73 Å². The Labute approximate surface area is 86.2 Å². The minimum atomic E-state index is 0.198. The van der Waals surface area contributed by atoms with E-state index in [1.165, 1.54) is 25.9 Å². The van der Waals surface area contributed by atoms with E-state index in [-0.39, 0.29) is 5.54 Å². The topological polar surface area (TPSA) is 29.3 Å². The van der Waals surface area contributed by atoms with E-state index in [2.05, 4.69) is 25.0 Å². The summed E-state index contributed by atoms with van der Waals surface area (Å²) in [4.78, 5) is 2.53. The van der Waals surface area contributed by atoms with Crippen LogP contribution in [0.2, 0.25) is 0 Å². The van der Waals surface area contributed by atoms with Gasteiger partial charge in [-0.2, -0.15) is 11.8 Å². The van der Waals surface area contributed by atoms with E-state index in [4.69, 9.17) is 5.73 Å². The molecule has 1 saturated heterocycles. The van der Waals surface area contributed by atoms with Crippen molar-refractivity contribution in [2.45, 2.75) is 37.5 Å². The molecule has 78 valence electrons. The number of piperidine rings is 1. The van der Waals surface area contributed by atoms with Crippen LogP contribution in [0.25, 0.3) is 0 Å². The van der Waals surface area contributed by atoms with Crippen LogP contribution in [0.5, 0.6) is 0 Å². The molecule has 0 aromatic carbocycles. The first kappa shape index (κ1) is 11.3. The van der Waals surface area contributed by atoms with E-state index < -0.39 is 0 Å². The summed E-state index contributed by atoms with van der Waals surface area (Å²) in [5.74, 6) is 0. The standard InChI is InChI=1S/C10H22N2S/c1-10(2,8-11)12-6-4-9(13-3)5-7-12/h9H,4-8,11H2,1-3H3. The lowest BCUT2D eigenvalue weighted by Crippen LogP contribution is -2.52. The van der Waals surface area contributed by atoms with Crippen LogP contribution in [0.15, 0.2) is 0 Å². The summed E-state index contributed by atoms with van der Waals surface area (Å²) in [7, 11) is 0. The minimum absolute atomic E-state index is 0.198. The molecule has 0 unspecified atom stereocenters. The second-order valence-electron chi connectivity index (χ2n) is 4.44. The van der Waals surface area contributed by atoms with E-state index in [9.17, 15) is 0 Å². The van der Waals surface area contributed by atoms with E-state index in [1.807, 2.05) is 11.8 Å². The normalized spacial score (nSPS) is 22.2. The first-order valence-corrected chi connectivity index (χ1v) is 6.37. The summed E-state index contributed by atoms with van der Waals surface area (Å²) in [5, 5.41) is 0.879. The fraction of sp³-hybridized carbons (Fsp3) is 1.00. The lowest BCUT2D eigenvalue weighted by Gasteiger charge is -2.42. The third-order valence-corrected chi connectivity index (χ3v) is 4.27. The fourth-order valence-corrected chi connectivity index (χ4v) is 2.51. The van der Waals surface area contributed by atoms with Gasteiger partial charge in [-0.15, -0.1) is 0 Å². The van der Waals surface area contributed by atoms with Crippen molar-refractivity contribution in [2.75, 3.05) is 25.9 Å². The van der Waals surface area contributed by atoms with Crippen LogP contribution in [-0.4, -0.2) is 41.6 Å². The monoisotopic (exact) mass is 202 g/mol. The third kappa shape index (κ3) is 2.86. The van der Waals surface area contributed by atoms with Crippen LogP contribution in [-0.2, 0) is 0 Å². The number of hydrogen-bond acceptors (Lipinski definition) is 3. The number of nitrogens with two attached hydrogens (primary N) is 1. The van der Waals surface area contributed by atoms with Crippen molar-refractivity contribution < 1.29 is 0 Å². The molecule has 1 fully saturated rings. The molecule has 2 nitrogen and oxygen atoms in total. The van der Waals surface area contributed by atoms with Crippen molar-refractivity contribution in [3.63, 3.8) is 0 Å². The molecule has 0 saturated carbocycles. The minimum Gasteiger partial charge on any atom is -0.329 e. The molecule has 1 aliphatic rings. The zero-order chi connectivity index (χ0) is 9.90. The van der Waals surface area contributed by atoms with Gasteiger partial charge in [-0.3, -0.25) is 4.90 Å². The predicted molar refractivity (Wildman–Crippen MR) is 61.2 cm³/mol. The summed E-state index contributed by atoms with van der Waals surface area (Å²) in [6, 6.07) is 0. The van der Waals surface area contributed by atoms with Crippen molar-refractivity contribution in [1.29, 1.82) is 0 Å². The average molecular weight is 202 g/mol. The summed E-state index contributed by atoms with van der Waals surface area (Å²) in [6.45, 7) is 7.68. The molecule has 3 heteroatoms. The van der Waals surface area contributed by atoms with E-state index >= 15 is 0 Å². The van der Waals surface area contributed by atoms with Crippen molar-refractivity contribution in [1.82, 2.24) is 4.90 Å². The summed E-state index contributed by atoms with van der Waals surface area (Å²) in [5.41, 5.74) is 5.96. The molecular weight excluding hydrogens is 180 g/mol. The largest absolute Gasteiger partial charge is 0.329 e. The van der Waals surface area contributed by atoms with Crippen molar-refractivity contribution in [3.05, 3.63) is 0 Å². The first-order chi connectivity index (χ1) is 6.10.